The number of aromatic nitrogens is 1. The molecule has 0 aromatic carbocycles. The number of hydrogen-bond acceptors (Lipinski definition) is 5. The first-order chi connectivity index (χ1) is 8.05. The summed E-state index contributed by atoms with van der Waals surface area (Å²) in [7, 11) is 0. The van der Waals surface area contributed by atoms with Crippen molar-refractivity contribution in [2.24, 2.45) is 0 Å². The maximum Gasteiger partial charge on any atom is 0.102 e. The lowest BCUT2D eigenvalue weighted by Gasteiger charge is -2.26. The lowest BCUT2D eigenvalue weighted by Crippen LogP contribution is -2.37. The van der Waals surface area contributed by atoms with Gasteiger partial charge in [-0.3, -0.25) is 4.90 Å². The van der Waals surface area contributed by atoms with Gasteiger partial charge < -0.3 is 9.84 Å². The summed E-state index contributed by atoms with van der Waals surface area (Å²) in [6.45, 7) is 8.29. The molecule has 0 amide bonds. The summed E-state index contributed by atoms with van der Waals surface area (Å²) in [5, 5.41) is 12.9. The van der Waals surface area contributed by atoms with Crippen molar-refractivity contribution in [3.8, 4) is 0 Å². The summed E-state index contributed by atoms with van der Waals surface area (Å²) in [6.07, 6.45) is 0.959. The fourth-order valence-electron chi connectivity index (χ4n) is 1.79. The van der Waals surface area contributed by atoms with Crippen LogP contribution in [-0.2, 0) is 16.8 Å². The Morgan fingerprint density at radius 2 is 2.18 bits per heavy atom. The Labute approximate surface area is 106 Å². The summed E-state index contributed by atoms with van der Waals surface area (Å²) in [4.78, 5) is 6.87. The third-order valence-electron chi connectivity index (χ3n) is 2.92. The molecule has 1 aromatic rings. The summed E-state index contributed by atoms with van der Waals surface area (Å²) in [6, 6.07) is 0. The Morgan fingerprint density at radius 1 is 1.47 bits per heavy atom. The molecule has 1 N–H and O–H groups in total. The molecule has 0 atom stereocenters. The number of rotatable bonds is 4. The van der Waals surface area contributed by atoms with Crippen molar-refractivity contribution >= 4 is 11.3 Å². The second kappa shape index (κ2) is 5.44. The molecule has 1 aliphatic heterocycles. The standard InChI is InChI=1S/C12H20N2O2S/c1-12(2,15)10-9-17-11(13-10)3-4-14-5-7-16-8-6-14/h9,15H,3-8H2,1-2H3. The molecule has 0 spiro atoms. The number of morpholine rings is 1. The number of ether oxygens (including phenoxy) is 1. The van der Waals surface area contributed by atoms with Crippen LogP contribution in [0, 0.1) is 0 Å². The highest BCUT2D eigenvalue weighted by Crippen LogP contribution is 2.22. The highest BCUT2D eigenvalue weighted by atomic mass is 32.1. The summed E-state index contributed by atoms with van der Waals surface area (Å²) >= 11 is 1.64. The molecule has 2 heterocycles. The Kier molecular flexibility index (Phi) is 4.14. The maximum atomic E-state index is 9.84. The van der Waals surface area contributed by atoms with E-state index in [1.807, 2.05) is 5.38 Å². The molecule has 0 unspecified atom stereocenters. The molecule has 0 saturated carbocycles. The lowest BCUT2D eigenvalue weighted by atomic mass is 10.1. The lowest BCUT2D eigenvalue weighted by molar-refractivity contribution is 0.0384. The third kappa shape index (κ3) is 3.74. The van der Waals surface area contributed by atoms with E-state index in [0.29, 0.717) is 0 Å². The summed E-state index contributed by atoms with van der Waals surface area (Å²) in [5.41, 5.74) is -0.0484. The fraction of sp³-hybridized carbons (Fsp3) is 0.750. The van der Waals surface area contributed by atoms with Gasteiger partial charge in [0.05, 0.1) is 23.9 Å². The minimum absolute atomic E-state index is 0.777. The molecular formula is C12H20N2O2S. The van der Waals surface area contributed by atoms with E-state index < -0.39 is 5.60 Å². The van der Waals surface area contributed by atoms with E-state index >= 15 is 0 Å². The minimum Gasteiger partial charge on any atom is -0.384 e. The van der Waals surface area contributed by atoms with Gasteiger partial charge in [-0.05, 0) is 13.8 Å². The zero-order chi connectivity index (χ0) is 12.3. The Hall–Kier alpha value is -0.490. The molecule has 1 fully saturated rings. The summed E-state index contributed by atoms with van der Waals surface area (Å²) in [5.74, 6) is 0. The van der Waals surface area contributed by atoms with Crippen LogP contribution in [0.1, 0.15) is 24.5 Å². The minimum atomic E-state index is -0.826. The largest absolute Gasteiger partial charge is 0.384 e. The van der Waals surface area contributed by atoms with E-state index in [2.05, 4.69) is 9.88 Å². The van der Waals surface area contributed by atoms with Gasteiger partial charge >= 0.3 is 0 Å². The predicted octanol–water partition coefficient (Wildman–Crippen LogP) is 1.25. The Morgan fingerprint density at radius 3 is 2.76 bits per heavy atom. The van der Waals surface area contributed by atoms with Crippen LogP contribution in [0.25, 0.3) is 0 Å². The van der Waals surface area contributed by atoms with E-state index in [0.717, 1.165) is 50.0 Å². The molecule has 17 heavy (non-hydrogen) atoms. The first-order valence-corrected chi connectivity index (χ1v) is 6.91. The van der Waals surface area contributed by atoms with E-state index in [9.17, 15) is 5.11 Å². The molecule has 1 saturated heterocycles. The van der Waals surface area contributed by atoms with Crippen LogP contribution < -0.4 is 0 Å². The van der Waals surface area contributed by atoms with Gasteiger partial charge in [-0.25, -0.2) is 4.98 Å². The van der Waals surface area contributed by atoms with Crippen molar-refractivity contribution in [2.45, 2.75) is 25.9 Å². The van der Waals surface area contributed by atoms with Crippen LogP contribution in [0.3, 0.4) is 0 Å². The van der Waals surface area contributed by atoms with Crippen molar-refractivity contribution in [3.63, 3.8) is 0 Å². The van der Waals surface area contributed by atoms with Gasteiger partial charge in [0.2, 0.25) is 0 Å². The quantitative estimate of drug-likeness (QED) is 0.880. The first kappa shape index (κ1) is 13.0. The Balaban J connectivity index is 1.84. The number of aliphatic hydroxyl groups is 1. The van der Waals surface area contributed by atoms with Crippen LogP contribution in [0.5, 0.6) is 0 Å². The van der Waals surface area contributed by atoms with E-state index in [1.54, 1.807) is 25.2 Å². The molecular weight excluding hydrogens is 236 g/mol. The van der Waals surface area contributed by atoms with E-state index in [-0.39, 0.29) is 0 Å². The van der Waals surface area contributed by atoms with Crippen molar-refractivity contribution in [1.82, 2.24) is 9.88 Å². The van der Waals surface area contributed by atoms with Crippen molar-refractivity contribution in [1.29, 1.82) is 0 Å². The van der Waals surface area contributed by atoms with Crippen LogP contribution >= 0.6 is 11.3 Å². The van der Waals surface area contributed by atoms with Crippen LogP contribution in [0.2, 0.25) is 0 Å². The van der Waals surface area contributed by atoms with Gasteiger partial charge in [0.1, 0.15) is 5.60 Å². The van der Waals surface area contributed by atoms with Crippen molar-refractivity contribution < 1.29 is 9.84 Å². The van der Waals surface area contributed by atoms with Gasteiger partial charge in [0.25, 0.3) is 0 Å². The highest BCUT2D eigenvalue weighted by molar-refractivity contribution is 7.09. The smallest absolute Gasteiger partial charge is 0.102 e. The zero-order valence-electron chi connectivity index (χ0n) is 10.5. The SMILES string of the molecule is CC(C)(O)c1csc(CCN2CCOCC2)n1. The summed E-state index contributed by atoms with van der Waals surface area (Å²) < 4.78 is 5.31. The second-order valence-corrected chi connectivity index (χ2v) is 5.83. The molecule has 0 bridgehead atoms. The predicted molar refractivity (Wildman–Crippen MR) is 68.3 cm³/mol. The van der Waals surface area contributed by atoms with Crippen LogP contribution in [0.15, 0.2) is 5.38 Å². The molecule has 0 radical (unpaired) electrons. The highest BCUT2D eigenvalue weighted by Gasteiger charge is 2.19. The molecule has 1 aliphatic rings. The number of hydrogen-bond donors (Lipinski definition) is 1. The van der Waals surface area contributed by atoms with Crippen LogP contribution in [-0.4, -0.2) is 47.8 Å². The van der Waals surface area contributed by atoms with Crippen molar-refractivity contribution in [2.75, 3.05) is 32.8 Å². The zero-order valence-corrected chi connectivity index (χ0v) is 11.3. The first-order valence-electron chi connectivity index (χ1n) is 6.03. The molecule has 5 heteroatoms. The van der Waals surface area contributed by atoms with E-state index in [4.69, 9.17) is 4.74 Å². The maximum absolute atomic E-state index is 9.84. The average Bonchev–Trinajstić information content (AvgIpc) is 2.76. The Bertz CT molecular complexity index is 354. The van der Waals surface area contributed by atoms with Gasteiger partial charge in [-0.2, -0.15) is 0 Å². The fourth-order valence-corrected chi connectivity index (χ4v) is 2.73. The number of thiazole rings is 1. The molecule has 0 aliphatic carbocycles. The monoisotopic (exact) mass is 256 g/mol. The normalized spacial score (nSPS) is 18.5. The average molecular weight is 256 g/mol. The van der Waals surface area contributed by atoms with Gasteiger partial charge in [0.15, 0.2) is 0 Å². The molecule has 1 aromatic heterocycles. The molecule has 2 rings (SSSR count). The van der Waals surface area contributed by atoms with Gasteiger partial charge in [-0.15, -0.1) is 11.3 Å². The number of nitrogens with zero attached hydrogens (tertiary/aromatic N) is 2. The van der Waals surface area contributed by atoms with Crippen LogP contribution in [0.4, 0.5) is 0 Å². The van der Waals surface area contributed by atoms with Crippen molar-refractivity contribution in [3.05, 3.63) is 16.1 Å². The topological polar surface area (TPSA) is 45.6 Å². The molecule has 4 nitrogen and oxygen atoms in total. The van der Waals surface area contributed by atoms with E-state index in [1.165, 1.54) is 0 Å². The second-order valence-electron chi connectivity index (χ2n) is 4.89. The van der Waals surface area contributed by atoms with Gasteiger partial charge in [0, 0.05) is 31.4 Å². The van der Waals surface area contributed by atoms with Gasteiger partial charge in [-0.1, -0.05) is 0 Å². The third-order valence-corrected chi connectivity index (χ3v) is 3.83. The molecule has 96 valence electrons.